The molecule has 1 aliphatic rings. The van der Waals surface area contributed by atoms with Gasteiger partial charge in [0.1, 0.15) is 90.0 Å². The molecule has 53 nitrogen and oxygen atoms in total. The maximum atomic E-state index is 15.4. The molecule has 46 N–H and O–H groups in total. The van der Waals surface area contributed by atoms with E-state index in [-0.39, 0.29) is 222 Å². The number of phenolic OH excluding ortho intramolecular Hbond substituents is 2. The Morgan fingerprint density at radius 1 is 0.331 bits per heavy atom. The smallest absolute Gasteiger partial charge is 0.312 e. The van der Waals surface area contributed by atoms with E-state index >= 15 is 28.8 Å². The highest BCUT2D eigenvalue weighted by Crippen LogP contribution is 2.24. The number of benzene rings is 4. The Morgan fingerprint density at radius 2 is 0.621 bits per heavy atom. The van der Waals surface area contributed by atoms with Gasteiger partial charge in [-0.2, -0.15) is 25.3 Å². The van der Waals surface area contributed by atoms with Crippen LogP contribution < -0.4 is 158 Å². The van der Waals surface area contributed by atoms with Crippen molar-refractivity contribution in [2.45, 2.75) is 226 Å². The van der Waals surface area contributed by atoms with E-state index in [1.807, 2.05) is 18.2 Å². The third kappa shape index (κ3) is 45.8. The first-order chi connectivity index (χ1) is 69.0. The van der Waals surface area contributed by atoms with Gasteiger partial charge in [-0.15, -0.1) is 0 Å². The molecule has 4 aromatic rings. The van der Waals surface area contributed by atoms with E-state index in [4.69, 9.17) is 84.4 Å². The van der Waals surface area contributed by atoms with Crippen molar-refractivity contribution < 1.29 is 86.9 Å². The molecule has 18 amide bonds. The molecule has 0 bridgehead atoms. The number of nitrogens with zero attached hydrogens (tertiary/aromatic N) is 1. The van der Waals surface area contributed by atoms with Crippen molar-refractivity contribution in [3.8, 4) is 11.5 Å². The molecular formula is C90H143N35O18S2. The zero-order chi connectivity index (χ0) is 107. The number of fused-ring (bicyclic) bond motifs is 1. The van der Waals surface area contributed by atoms with Gasteiger partial charge in [0.05, 0.1) is 6.04 Å². The lowest BCUT2D eigenvalue weighted by Crippen LogP contribution is -2.61. The van der Waals surface area contributed by atoms with Crippen molar-refractivity contribution in [3.05, 3.63) is 108 Å². The fourth-order valence-corrected chi connectivity index (χ4v) is 15.8. The molecule has 0 aromatic heterocycles. The fourth-order valence-electron chi connectivity index (χ4n) is 15.3. The van der Waals surface area contributed by atoms with Crippen LogP contribution in [-0.2, 0) is 86.4 Å². The van der Waals surface area contributed by atoms with Crippen LogP contribution in [0.15, 0.2) is 91.0 Å². The molecule has 5 rings (SSSR count). The number of guanidine groups is 5. The van der Waals surface area contributed by atoms with Crippen LogP contribution in [-0.4, -0.2) is 295 Å². The second kappa shape index (κ2) is 64.4. The highest BCUT2D eigenvalue weighted by atomic mass is 32.1. The SMILES string of the molecule is N=C(N)NCCC[C@H](NC(=O)[C@H](CS)NC(=O)[C@H](CCCNC(N)=O)NC(=O)[C@H](CCCNC(=N)N)NC(=O)[C@H](Cc1ccc(O)cc1)NC(=O)[C@@H]1CCCN1C(=O)[C@@H](CCCCN)NC(=O)[C@H](CCCNC(=N)N)NC(=O)[C@H](CCCNC(N)=O)NC(=O)[C@H](Cc1ccc(O)cc1)NC(=O)[C@H](CS)NC(=O)[C@H](Cc1ccc2ccccc2c1)NC(=O)[C@H](CCCNC(=N)N)NC(=O)[C@@H](N)CCCNC(=N)N)C(N)=O. The first-order valence-electron chi connectivity index (χ1n) is 47.4. The number of likely N-dealkylation sites (tertiary alicyclic amines) is 1. The number of hydrogen-bond donors (Lipinski definition) is 38. The lowest BCUT2D eigenvalue weighted by Gasteiger charge is -2.31. The third-order valence-corrected chi connectivity index (χ3v) is 23.7. The van der Waals surface area contributed by atoms with E-state index in [0.29, 0.717) is 29.5 Å². The Hall–Kier alpha value is -15.2. The van der Waals surface area contributed by atoms with Gasteiger partial charge < -0.3 is 173 Å². The van der Waals surface area contributed by atoms with Crippen LogP contribution in [0.5, 0.6) is 11.5 Å². The Labute approximate surface area is 849 Å². The van der Waals surface area contributed by atoms with Gasteiger partial charge in [0.2, 0.25) is 82.7 Å². The minimum Gasteiger partial charge on any atom is -0.508 e. The van der Waals surface area contributed by atoms with Gasteiger partial charge in [-0.05, 0) is 180 Å². The topological polar surface area (TPSA) is 925 Å². The van der Waals surface area contributed by atoms with E-state index in [9.17, 15) is 58.2 Å². The van der Waals surface area contributed by atoms with Crippen molar-refractivity contribution in [3.63, 3.8) is 0 Å². The number of carbonyl (C=O) groups excluding carboxylic acids is 16. The van der Waals surface area contributed by atoms with E-state index in [1.165, 1.54) is 53.4 Å². The summed E-state index contributed by atoms with van der Waals surface area (Å²) in [4.78, 5) is 230. The lowest BCUT2D eigenvalue weighted by atomic mass is 10.00. The molecule has 1 fully saturated rings. The summed E-state index contributed by atoms with van der Waals surface area (Å²) in [6, 6.07) is 0.709. The molecule has 1 saturated heterocycles. The number of hydrogen-bond acceptors (Lipinski definition) is 27. The summed E-state index contributed by atoms with van der Waals surface area (Å²) >= 11 is 8.71. The van der Waals surface area contributed by atoms with E-state index in [1.54, 1.807) is 24.3 Å². The third-order valence-electron chi connectivity index (χ3n) is 23.0. The molecule has 55 heteroatoms. The zero-order valence-corrected chi connectivity index (χ0v) is 82.4. The number of carbonyl (C=O) groups is 16. The standard InChI is InChI=1S/C90H143N35O18S2/c91-34-4-3-16-63(83(141)125-42-12-23-69(125)82(140)122-65(45-50-27-32-55(127)33-28-50)78(136)118-59(19-8-38-109-87(100)101)72(130)116-62(22-11-41-112-90(105)143)76(134)123-67(47-144)80(138)113-57(70(93)128)17-6-36-107-85(96)97)119-74(132)61(20-9-39-110-88(102)103)115-73(131)60(21-10-40-111-89(104)142)117-77(135)64(44-49-25-30-54(126)31-26-49)121-81(139)68(48-145)124-79(137)66(46-51-24-29-52-13-1-2-14-53(52)43-51)120-75(133)58(18-7-37-108-86(98)99)114-71(129)56(92)15-5-35-106-84(94)95/h1-2,13-14,24-33,43,56-69,126-127,144-145H,3-12,15-23,34-42,44-48,91-92H2,(H2,93,128)(H,113,138)(H,114,129)(H,115,131)(H,116,130)(H,117,135)(H,118,136)(H,119,132)(H,120,133)(H,121,139)(H,122,140)(H,123,134)(H,124,137)(H4,94,95,106)(H4,96,97,107)(H4,98,99,108)(H4,100,101,109)(H4,102,103,110)(H3,104,111,142)(H3,105,112,143)/t56-,57-,58-,59-,60-,61-,62-,63+,64-,65-,66-,67-,68-,69-/m0/s1. The number of thiol groups is 2. The quantitative estimate of drug-likeness (QED) is 0.00845. The van der Waals surface area contributed by atoms with Gasteiger partial charge in [0.15, 0.2) is 29.8 Å². The molecule has 0 spiro atoms. The normalized spacial score (nSPS) is 14.7. The Balaban J connectivity index is 1.49. The maximum Gasteiger partial charge on any atom is 0.312 e. The molecule has 0 saturated carbocycles. The van der Waals surface area contributed by atoms with Crippen LogP contribution in [0.2, 0.25) is 0 Å². The average molecular weight is 2070 g/mol. The second-order valence-corrected chi connectivity index (χ2v) is 35.2. The van der Waals surface area contributed by atoms with Crippen LogP contribution in [0, 0.1) is 27.0 Å². The van der Waals surface area contributed by atoms with Gasteiger partial charge in [-0.25, -0.2) is 9.59 Å². The van der Waals surface area contributed by atoms with Crippen LogP contribution >= 0.6 is 25.3 Å². The van der Waals surface area contributed by atoms with Crippen molar-refractivity contribution in [1.29, 1.82) is 27.0 Å². The van der Waals surface area contributed by atoms with Crippen molar-refractivity contribution in [2.75, 3.05) is 70.4 Å². The summed E-state index contributed by atoms with van der Waals surface area (Å²) in [7, 11) is 0. The largest absolute Gasteiger partial charge is 0.508 e. The van der Waals surface area contributed by atoms with Crippen LogP contribution in [0.25, 0.3) is 10.8 Å². The summed E-state index contributed by atoms with van der Waals surface area (Å²) in [5.74, 6) is -16.3. The number of nitrogens with one attached hydrogen (secondary N) is 24. The van der Waals surface area contributed by atoms with Gasteiger partial charge >= 0.3 is 12.1 Å². The van der Waals surface area contributed by atoms with Crippen molar-refractivity contribution in [2.24, 2.45) is 57.3 Å². The molecule has 0 radical (unpaired) electrons. The molecular weight excluding hydrogens is 1920 g/mol. The fraction of sp³-hybridized carbons (Fsp3) is 0.522. The first kappa shape index (κ1) is 120. The molecule has 1 heterocycles. The summed E-state index contributed by atoms with van der Waals surface area (Å²) in [5, 5.41) is 110. The molecule has 145 heavy (non-hydrogen) atoms. The number of phenols is 2. The van der Waals surface area contributed by atoms with Gasteiger partial charge in [0.25, 0.3) is 0 Å². The molecule has 14 atom stereocenters. The number of rotatable bonds is 66. The number of urea groups is 2. The highest BCUT2D eigenvalue weighted by Gasteiger charge is 2.42. The van der Waals surface area contributed by atoms with E-state index in [2.05, 4.69) is 126 Å². The number of amides is 18. The highest BCUT2D eigenvalue weighted by molar-refractivity contribution is 7.80. The molecule has 0 aliphatic carbocycles. The summed E-state index contributed by atoms with van der Waals surface area (Å²) < 4.78 is 0. The van der Waals surface area contributed by atoms with E-state index < -0.39 is 197 Å². The monoisotopic (exact) mass is 2070 g/mol. The minimum absolute atomic E-state index is 0.00902. The summed E-state index contributed by atoms with van der Waals surface area (Å²) in [6.45, 7) is 0.0626. The average Bonchev–Trinajstić information content (AvgIpc) is 1.76. The van der Waals surface area contributed by atoms with E-state index in [0.717, 1.165) is 10.8 Å². The number of aromatic hydroxyl groups is 2. The van der Waals surface area contributed by atoms with Crippen LogP contribution in [0.4, 0.5) is 9.59 Å². The number of nitrogens with two attached hydrogens (primary N) is 10. The first-order valence-corrected chi connectivity index (χ1v) is 48.7. The predicted octanol–water partition coefficient (Wildman–Crippen LogP) is -7.90. The Morgan fingerprint density at radius 3 is 0.979 bits per heavy atom. The Kier molecular flexibility index (Phi) is 53.4. The van der Waals surface area contributed by atoms with Crippen LogP contribution in [0.1, 0.15) is 139 Å². The second-order valence-electron chi connectivity index (χ2n) is 34.5. The molecule has 0 unspecified atom stereocenters. The van der Waals surface area contributed by atoms with Gasteiger partial charge in [0, 0.05) is 83.1 Å². The van der Waals surface area contributed by atoms with Gasteiger partial charge in [-0.3, -0.25) is 94.2 Å². The number of primary amides is 3. The number of unbranched alkanes of at least 4 members (excludes halogenated alkanes) is 1. The summed E-state index contributed by atoms with van der Waals surface area (Å²) in [6.07, 6.45) is -0.919. The molecule has 798 valence electrons. The zero-order valence-electron chi connectivity index (χ0n) is 80.6. The molecule has 4 aromatic carbocycles. The maximum absolute atomic E-state index is 15.4. The lowest BCUT2D eigenvalue weighted by molar-refractivity contribution is -0.142. The summed E-state index contributed by atoms with van der Waals surface area (Å²) in [5.41, 5.74) is 57.4. The Bertz CT molecular complexity index is 5050. The minimum atomic E-state index is -1.68. The van der Waals surface area contributed by atoms with Crippen molar-refractivity contribution >= 4 is 161 Å². The van der Waals surface area contributed by atoms with Crippen LogP contribution in [0.3, 0.4) is 0 Å². The van der Waals surface area contributed by atoms with Gasteiger partial charge in [-0.1, -0.05) is 66.7 Å². The van der Waals surface area contributed by atoms with Crippen molar-refractivity contribution in [1.82, 2.24) is 106 Å². The predicted molar refractivity (Wildman–Crippen MR) is 546 cm³/mol. The molecule has 1 aliphatic heterocycles.